The molecule has 0 unspecified atom stereocenters. The first-order valence-corrected chi connectivity index (χ1v) is 8.23. The molecule has 0 radical (unpaired) electrons. The topological polar surface area (TPSA) is 108 Å². The summed E-state index contributed by atoms with van der Waals surface area (Å²) in [5.41, 5.74) is 2.38. The fraction of sp³-hybridized carbons (Fsp3) is 0.500. The minimum absolute atomic E-state index is 0.308. The first-order chi connectivity index (χ1) is 12.1. The molecule has 0 saturated heterocycles. The van der Waals surface area contributed by atoms with Gasteiger partial charge in [-0.1, -0.05) is 6.42 Å². The van der Waals surface area contributed by atoms with E-state index in [1.807, 2.05) is 20.2 Å². The van der Waals surface area contributed by atoms with Crippen LogP contribution in [-0.4, -0.2) is 47.4 Å². The third kappa shape index (κ3) is 3.81. The number of nitrogens with zero attached hydrogens (tertiary/aromatic N) is 4. The van der Waals surface area contributed by atoms with Gasteiger partial charge in [0, 0.05) is 20.0 Å². The molecule has 1 aliphatic carbocycles. The van der Waals surface area contributed by atoms with E-state index >= 15 is 0 Å². The molecule has 9 heteroatoms. The van der Waals surface area contributed by atoms with Crippen LogP contribution >= 0.6 is 0 Å². The summed E-state index contributed by atoms with van der Waals surface area (Å²) in [7, 11) is 5.16. The summed E-state index contributed by atoms with van der Waals surface area (Å²) in [5, 5.41) is 12.9. The van der Waals surface area contributed by atoms with Gasteiger partial charge >= 0.3 is 6.03 Å². The Hall–Kier alpha value is -2.84. The number of anilines is 2. The summed E-state index contributed by atoms with van der Waals surface area (Å²) >= 11 is 0. The second-order valence-corrected chi connectivity index (χ2v) is 6.23. The van der Waals surface area contributed by atoms with Crippen LogP contribution in [0.15, 0.2) is 12.4 Å². The second kappa shape index (κ2) is 7.37. The van der Waals surface area contributed by atoms with Crippen LogP contribution in [0, 0.1) is 0 Å². The number of carbonyl (C=O) groups is 1. The van der Waals surface area contributed by atoms with Crippen molar-refractivity contribution in [1.29, 1.82) is 0 Å². The van der Waals surface area contributed by atoms with E-state index < -0.39 is 0 Å². The van der Waals surface area contributed by atoms with Gasteiger partial charge in [0.2, 0.25) is 5.88 Å². The quantitative estimate of drug-likeness (QED) is 0.737. The molecule has 0 spiro atoms. The molecule has 3 rings (SSSR count). The van der Waals surface area contributed by atoms with E-state index in [9.17, 15) is 4.79 Å². The van der Waals surface area contributed by atoms with Crippen LogP contribution in [0.4, 0.5) is 16.3 Å². The SMILES string of the molecule is COc1ncnc(N(C)C)c1NC(=O)NCc1cc(C2CCC2)n[nH]1. The lowest BCUT2D eigenvalue weighted by Crippen LogP contribution is -2.29. The van der Waals surface area contributed by atoms with Crippen LogP contribution in [0.25, 0.3) is 0 Å². The molecular formula is C16H23N7O2. The number of H-pyrrole nitrogens is 1. The maximum Gasteiger partial charge on any atom is 0.319 e. The molecule has 134 valence electrons. The maximum absolute atomic E-state index is 12.3. The van der Waals surface area contributed by atoms with Crippen molar-refractivity contribution in [1.82, 2.24) is 25.5 Å². The van der Waals surface area contributed by atoms with Gasteiger partial charge in [0.15, 0.2) is 5.82 Å². The van der Waals surface area contributed by atoms with Crippen molar-refractivity contribution >= 4 is 17.5 Å². The smallest absolute Gasteiger partial charge is 0.319 e. The summed E-state index contributed by atoms with van der Waals surface area (Å²) in [4.78, 5) is 22.2. The normalized spacial score (nSPS) is 13.9. The molecule has 2 aromatic heterocycles. The summed E-state index contributed by atoms with van der Waals surface area (Å²) < 4.78 is 5.21. The van der Waals surface area contributed by atoms with E-state index in [4.69, 9.17) is 4.74 Å². The molecular weight excluding hydrogens is 322 g/mol. The Morgan fingerprint density at radius 1 is 1.40 bits per heavy atom. The fourth-order valence-corrected chi connectivity index (χ4v) is 2.68. The van der Waals surface area contributed by atoms with Crippen molar-refractivity contribution in [3.05, 3.63) is 23.8 Å². The van der Waals surface area contributed by atoms with Crippen LogP contribution in [0.1, 0.15) is 36.6 Å². The lowest BCUT2D eigenvalue weighted by Gasteiger charge is -2.22. The van der Waals surface area contributed by atoms with Crippen molar-refractivity contribution in [3.63, 3.8) is 0 Å². The van der Waals surface area contributed by atoms with Crippen LogP contribution in [0.2, 0.25) is 0 Å². The molecule has 25 heavy (non-hydrogen) atoms. The lowest BCUT2D eigenvalue weighted by atomic mass is 9.83. The Morgan fingerprint density at radius 3 is 2.84 bits per heavy atom. The highest BCUT2D eigenvalue weighted by atomic mass is 16.5. The van der Waals surface area contributed by atoms with Crippen molar-refractivity contribution in [3.8, 4) is 5.88 Å². The zero-order valence-electron chi connectivity index (χ0n) is 14.7. The Balaban J connectivity index is 1.61. The van der Waals surface area contributed by atoms with Gasteiger partial charge in [-0.05, 0) is 18.9 Å². The van der Waals surface area contributed by atoms with Crippen molar-refractivity contribution in [2.45, 2.75) is 31.7 Å². The summed E-state index contributed by atoms with van der Waals surface area (Å²) in [6.45, 7) is 0.360. The molecule has 2 aromatic rings. The predicted octanol–water partition coefficient (Wildman–Crippen LogP) is 1.86. The van der Waals surface area contributed by atoms with Crippen molar-refractivity contribution < 1.29 is 9.53 Å². The maximum atomic E-state index is 12.3. The number of ether oxygens (including phenoxy) is 1. The van der Waals surface area contributed by atoms with Gasteiger partial charge < -0.3 is 20.3 Å². The number of nitrogens with one attached hydrogen (secondary N) is 3. The molecule has 0 aromatic carbocycles. The average Bonchev–Trinajstić information content (AvgIpc) is 2.99. The van der Waals surface area contributed by atoms with Crippen LogP contribution in [-0.2, 0) is 6.54 Å². The zero-order valence-corrected chi connectivity index (χ0v) is 14.7. The summed E-state index contributed by atoms with van der Waals surface area (Å²) in [6, 6.07) is 1.65. The van der Waals surface area contributed by atoms with Gasteiger partial charge in [-0.3, -0.25) is 5.10 Å². The first kappa shape index (κ1) is 17.0. The van der Waals surface area contributed by atoms with E-state index in [1.54, 1.807) is 4.90 Å². The minimum atomic E-state index is -0.365. The monoisotopic (exact) mass is 345 g/mol. The number of aromatic nitrogens is 4. The van der Waals surface area contributed by atoms with Gasteiger partial charge in [0.1, 0.15) is 12.0 Å². The molecule has 1 aliphatic rings. The largest absolute Gasteiger partial charge is 0.479 e. The van der Waals surface area contributed by atoms with E-state index in [0.29, 0.717) is 29.8 Å². The van der Waals surface area contributed by atoms with Crippen molar-refractivity contribution in [2.24, 2.45) is 0 Å². The van der Waals surface area contributed by atoms with Gasteiger partial charge in [-0.2, -0.15) is 10.1 Å². The zero-order chi connectivity index (χ0) is 17.8. The third-order valence-electron chi connectivity index (χ3n) is 4.26. The van der Waals surface area contributed by atoms with E-state index in [-0.39, 0.29) is 6.03 Å². The Bertz CT molecular complexity index is 740. The number of methoxy groups -OCH3 is 1. The highest BCUT2D eigenvalue weighted by Gasteiger charge is 2.22. The fourth-order valence-electron chi connectivity index (χ4n) is 2.68. The number of carbonyl (C=O) groups excluding carboxylic acids is 1. The summed E-state index contributed by atoms with van der Waals surface area (Å²) in [5.74, 6) is 1.44. The summed E-state index contributed by atoms with van der Waals surface area (Å²) in [6.07, 6.45) is 5.05. The Labute approximate surface area is 146 Å². The Morgan fingerprint density at radius 2 is 2.20 bits per heavy atom. The van der Waals surface area contributed by atoms with Crippen LogP contribution < -0.4 is 20.3 Å². The molecule has 1 fully saturated rings. The average molecular weight is 345 g/mol. The third-order valence-corrected chi connectivity index (χ3v) is 4.26. The van der Waals surface area contributed by atoms with E-state index in [1.165, 1.54) is 32.7 Å². The van der Waals surface area contributed by atoms with Gasteiger partial charge in [0.25, 0.3) is 0 Å². The molecule has 1 saturated carbocycles. The minimum Gasteiger partial charge on any atom is -0.479 e. The highest BCUT2D eigenvalue weighted by Crippen LogP contribution is 2.35. The number of rotatable bonds is 6. The molecule has 0 atom stereocenters. The number of amides is 2. The predicted molar refractivity (Wildman–Crippen MR) is 93.9 cm³/mol. The van der Waals surface area contributed by atoms with E-state index in [2.05, 4.69) is 30.8 Å². The molecule has 2 amide bonds. The number of aromatic amines is 1. The first-order valence-electron chi connectivity index (χ1n) is 8.23. The number of urea groups is 1. The molecule has 0 bridgehead atoms. The van der Waals surface area contributed by atoms with Gasteiger partial charge in [-0.15, -0.1) is 0 Å². The lowest BCUT2D eigenvalue weighted by molar-refractivity contribution is 0.251. The Kier molecular flexibility index (Phi) is 5.01. The highest BCUT2D eigenvalue weighted by molar-refractivity contribution is 5.94. The second-order valence-electron chi connectivity index (χ2n) is 6.23. The molecule has 0 aliphatic heterocycles. The molecule has 9 nitrogen and oxygen atoms in total. The van der Waals surface area contributed by atoms with Crippen molar-refractivity contribution in [2.75, 3.05) is 31.4 Å². The van der Waals surface area contributed by atoms with E-state index in [0.717, 1.165) is 11.4 Å². The molecule has 2 heterocycles. The van der Waals surface area contributed by atoms with Gasteiger partial charge in [-0.25, -0.2) is 9.78 Å². The standard InChI is InChI=1S/C16H23N7O2/c1-23(2)14-13(15(25-3)19-9-18-14)20-16(24)17-8-11-7-12(22-21-11)10-5-4-6-10/h7,9-10H,4-6,8H2,1-3H3,(H,21,22)(H2,17,20,24). The van der Waals surface area contributed by atoms with Crippen LogP contribution in [0.3, 0.4) is 0 Å². The van der Waals surface area contributed by atoms with Crippen LogP contribution in [0.5, 0.6) is 5.88 Å². The number of hydrogen-bond acceptors (Lipinski definition) is 6. The molecule has 3 N–H and O–H groups in total. The van der Waals surface area contributed by atoms with Gasteiger partial charge in [0.05, 0.1) is 25.0 Å². The number of hydrogen-bond donors (Lipinski definition) is 3.